The van der Waals surface area contributed by atoms with Crippen LogP contribution in [0, 0.1) is 0 Å². The van der Waals surface area contributed by atoms with Crippen LogP contribution < -0.4 is 10.5 Å². The molecule has 8 heteroatoms. The maximum Gasteiger partial charge on any atom is 0.247 e. The zero-order valence-electron chi connectivity index (χ0n) is 11.9. The zero-order valence-corrected chi connectivity index (χ0v) is 14.3. The molecule has 5 nitrogen and oxygen atoms in total. The Labute approximate surface area is 138 Å². The number of hydrogen-bond donors (Lipinski definition) is 2. The van der Waals surface area contributed by atoms with Gasteiger partial charge in [0.25, 0.3) is 0 Å². The van der Waals surface area contributed by atoms with E-state index in [9.17, 15) is 13.2 Å². The van der Waals surface area contributed by atoms with Crippen LogP contribution >= 0.6 is 23.1 Å². The molecular weight excluding hydrogens is 340 g/mol. The first-order chi connectivity index (χ1) is 10.4. The fraction of sp³-hybridized carbons (Fsp3) is 0.214. The van der Waals surface area contributed by atoms with Gasteiger partial charge in [-0.15, -0.1) is 23.1 Å². The number of primary sulfonamides is 1. The van der Waals surface area contributed by atoms with Gasteiger partial charge in [0.2, 0.25) is 15.9 Å². The highest BCUT2D eigenvalue weighted by Crippen LogP contribution is 2.23. The molecule has 0 aliphatic heterocycles. The summed E-state index contributed by atoms with van der Waals surface area (Å²) < 4.78 is 22.5. The third kappa shape index (κ3) is 4.84. The molecule has 0 saturated heterocycles. The number of hydrogen-bond acceptors (Lipinski definition) is 5. The maximum atomic E-state index is 12.1. The Balaban J connectivity index is 1.88. The lowest BCUT2D eigenvalue weighted by Crippen LogP contribution is -2.30. The van der Waals surface area contributed by atoms with Crippen molar-refractivity contribution in [2.24, 2.45) is 5.14 Å². The summed E-state index contributed by atoms with van der Waals surface area (Å²) in [5, 5.41) is 7.61. The number of carbonyl (C=O) groups is 1. The average molecular weight is 356 g/mol. The number of nitrogens with one attached hydrogen (secondary N) is 1. The molecule has 0 bridgehead atoms. The summed E-state index contributed by atoms with van der Waals surface area (Å²) in [6.45, 7) is 2.12. The fourth-order valence-corrected chi connectivity index (χ4v) is 4.31. The van der Waals surface area contributed by atoms with E-state index in [0.717, 1.165) is 21.1 Å². The van der Waals surface area contributed by atoms with Gasteiger partial charge in [0.05, 0.1) is 11.8 Å². The van der Waals surface area contributed by atoms with Gasteiger partial charge in [0.1, 0.15) is 4.21 Å². The molecular formula is C14H16N2O3S3. The van der Waals surface area contributed by atoms with Gasteiger partial charge >= 0.3 is 0 Å². The van der Waals surface area contributed by atoms with Gasteiger partial charge in [-0.05, 0) is 31.2 Å². The smallest absolute Gasteiger partial charge is 0.247 e. The van der Waals surface area contributed by atoms with Crippen molar-refractivity contribution in [3.8, 4) is 0 Å². The van der Waals surface area contributed by atoms with Crippen LogP contribution in [0.5, 0.6) is 0 Å². The summed E-state index contributed by atoms with van der Waals surface area (Å²) in [5.41, 5.74) is 0. The van der Waals surface area contributed by atoms with Crippen LogP contribution in [0.3, 0.4) is 0 Å². The first-order valence-corrected chi connectivity index (χ1v) is 9.71. The van der Waals surface area contributed by atoms with Gasteiger partial charge in [-0.3, -0.25) is 4.79 Å². The molecule has 0 radical (unpaired) electrons. The molecule has 0 aliphatic rings. The molecule has 3 N–H and O–H groups in total. The predicted octanol–water partition coefficient (Wildman–Crippen LogP) is 2.19. The molecule has 1 heterocycles. The number of amides is 1. The number of carbonyl (C=O) groups excluding carboxylic acids is 1. The van der Waals surface area contributed by atoms with E-state index in [2.05, 4.69) is 5.32 Å². The highest BCUT2D eigenvalue weighted by molar-refractivity contribution is 8.00. The van der Waals surface area contributed by atoms with Crippen LogP contribution in [0.15, 0.2) is 51.6 Å². The quantitative estimate of drug-likeness (QED) is 0.777. The van der Waals surface area contributed by atoms with Crippen molar-refractivity contribution in [3.63, 3.8) is 0 Å². The van der Waals surface area contributed by atoms with E-state index in [1.165, 1.54) is 17.8 Å². The Bertz CT molecular complexity index is 742. The molecule has 118 valence electrons. The van der Waals surface area contributed by atoms with Crippen LogP contribution in [-0.2, 0) is 21.4 Å². The summed E-state index contributed by atoms with van der Waals surface area (Å²) in [5.74, 6) is -0.0978. The lowest BCUT2D eigenvalue weighted by atomic mass is 10.4. The first-order valence-electron chi connectivity index (χ1n) is 6.47. The van der Waals surface area contributed by atoms with Crippen molar-refractivity contribution in [1.82, 2.24) is 5.32 Å². The van der Waals surface area contributed by atoms with Crippen molar-refractivity contribution >= 4 is 39.0 Å². The van der Waals surface area contributed by atoms with E-state index in [0.29, 0.717) is 6.54 Å². The predicted molar refractivity (Wildman–Crippen MR) is 89.3 cm³/mol. The highest BCUT2D eigenvalue weighted by atomic mass is 32.2. The van der Waals surface area contributed by atoms with E-state index in [4.69, 9.17) is 5.14 Å². The molecule has 2 aromatic rings. The van der Waals surface area contributed by atoms with Crippen molar-refractivity contribution in [3.05, 3.63) is 47.3 Å². The van der Waals surface area contributed by atoms with Gasteiger partial charge in [-0.1, -0.05) is 18.2 Å². The first kappa shape index (κ1) is 17.0. The van der Waals surface area contributed by atoms with E-state index in [1.54, 1.807) is 6.07 Å². The molecule has 0 aliphatic carbocycles. The Hall–Kier alpha value is -1.35. The molecule has 1 unspecified atom stereocenters. The summed E-state index contributed by atoms with van der Waals surface area (Å²) in [6, 6.07) is 12.8. The van der Waals surface area contributed by atoms with Crippen LogP contribution in [0.4, 0.5) is 0 Å². The minimum absolute atomic E-state index is 0.0978. The van der Waals surface area contributed by atoms with Crippen molar-refractivity contribution in [2.45, 2.75) is 27.8 Å². The molecule has 1 amide bonds. The number of nitrogens with two attached hydrogens (primary N) is 1. The second-order valence-electron chi connectivity index (χ2n) is 4.56. The topological polar surface area (TPSA) is 89.3 Å². The lowest BCUT2D eigenvalue weighted by Gasteiger charge is -2.11. The zero-order chi connectivity index (χ0) is 16.2. The number of thiophene rings is 1. The Kier molecular flexibility index (Phi) is 5.63. The average Bonchev–Trinajstić information content (AvgIpc) is 2.94. The SMILES string of the molecule is CC(Sc1ccccc1)C(=O)NCc1ccc(S(N)(=O)=O)s1. The van der Waals surface area contributed by atoms with E-state index < -0.39 is 10.0 Å². The van der Waals surface area contributed by atoms with Crippen molar-refractivity contribution < 1.29 is 13.2 Å². The molecule has 0 fully saturated rings. The Morgan fingerprint density at radius 2 is 1.95 bits per heavy atom. The summed E-state index contributed by atoms with van der Waals surface area (Å²) in [4.78, 5) is 13.8. The summed E-state index contributed by atoms with van der Waals surface area (Å²) in [7, 11) is -3.68. The third-order valence-corrected chi connectivity index (χ3v) is 6.42. The summed E-state index contributed by atoms with van der Waals surface area (Å²) in [6.07, 6.45) is 0. The van der Waals surface area contributed by atoms with Crippen LogP contribution in [0.2, 0.25) is 0 Å². The number of sulfonamides is 1. The summed E-state index contributed by atoms with van der Waals surface area (Å²) >= 11 is 2.53. The van der Waals surface area contributed by atoms with Crippen LogP contribution in [0.25, 0.3) is 0 Å². The molecule has 22 heavy (non-hydrogen) atoms. The number of rotatable bonds is 6. The van der Waals surface area contributed by atoms with Gasteiger partial charge in [0.15, 0.2) is 0 Å². The highest BCUT2D eigenvalue weighted by Gasteiger charge is 2.15. The van der Waals surface area contributed by atoms with Gasteiger partial charge in [-0.2, -0.15) is 0 Å². The van der Waals surface area contributed by atoms with Gasteiger partial charge < -0.3 is 5.32 Å². The molecule has 0 spiro atoms. The minimum Gasteiger partial charge on any atom is -0.350 e. The third-order valence-electron chi connectivity index (χ3n) is 2.78. The molecule has 1 aromatic heterocycles. The van der Waals surface area contributed by atoms with E-state index >= 15 is 0 Å². The van der Waals surface area contributed by atoms with Gasteiger partial charge in [0, 0.05) is 9.77 Å². The second kappa shape index (κ2) is 7.28. The molecule has 1 atom stereocenters. The van der Waals surface area contributed by atoms with Crippen molar-refractivity contribution in [2.75, 3.05) is 0 Å². The normalized spacial score (nSPS) is 12.8. The van der Waals surface area contributed by atoms with Gasteiger partial charge in [-0.25, -0.2) is 13.6 Å². The Morgan fingerprint density at radius 1 is 1.27 bits per heavy atom. The molecule has 2 rings (SSSR count). The van der Waals surface area contributed by atoms with Crippen LogP contribution in [0.1, 0.15) is 11.8 Å². The number of benzene rings is 1. The monoisotopic (exact) mass is 356 g/mol. The maximum absolute atomic E-state index is 12.1. The lowest BCUT2D eigenvalue weighted by molar-refractivity contribution is -0.120. The van der Waals surface area contributed by atoms with E-state index in [1.807, 2.05) is 37.3 Å². The Morgan fingerprint density at radius 3 is 2.55 bits per heavy atom. The fourth-order valence-electron chi connectivity index (χ4n) is 1.68. The minimum atomic E-state index is -3.68. The van der Waals surface area contributed by atoms with Crippen LogP contribution in [-0.4, -0.2) is 19.6 Å². The standard InChI is InChI=1S/C14H16N2O3S3/c1-10(20-11-5-3-2-4-6-11)14(17)16-9-12-7-8-13(21-12)22(15,18)19/h2-8,10H,9H2,1H3,(H,16,17)(H2,15,18,19). The second-order valence-corrected chi connectivity index (χ2v) is 8.93. The number of thioether (sulfide) groups is 1. The molecule has 1 aromatic carbocycles. The van der Waals surface area contributed by atoms with Crippen molar-refractivity contribution in [1.29, 1.82) is 0 Å². The van der Waals surface area contributed by atoms with E-state index in [-0.39, 0.29) is 15.4 Å². The molecule has 0 saturated carbocycles. The largest absolute Gasteiger partial charge is 0.350 e.